The van der Waals surface area contributed by atoms with E-state index in [4.69, 9.17) is 23.2 Å². The van der Waals surface area contributed by atoms with Gasteiger partial charge in [0.1, 0.15) is 0 Å². The van der Waals surface area contributed by atoms with Crippen molar-refractivity contribution in [2.45, 2.75) is 56.2 Å². The van der Waals surface area contributed by atoms with Crippen LogP contribution in [0.4, 0.5) is 5.69 Å². The molecule has 1 aliphatic carbocycles. The van der Waals surface area contributed by atoms with E-state index in [-0.39, 0.29) is 35.4 Å². The predicted molar refractivity (Wildman–Crippen MR) is 170 cm³/mol. The van der Waals surface area contributed by atoms with E-state index in [0.29, 0.717) is 67.4 Å². The number of nitrogens with one attached hydrogen (secondary N) is 3. The number of fused-ring (bicyclic) bond motifs is 1. The number of piperidine rings is 1. The number of carbonyl (C=O) groups excluding carboxylic acids is 3. The fourth-order valence-electron chi connectivity index (χ4n) is 5.80. The van der Waals surface area contributed by atoms with Crippen molar-refractivity contribution in [2.75, 3.05) is 18.4 Å². The van der Waals surface area contributed by atoms with Gasteiger partial charge >= 0.3 is 0 Å². The molecule has 8 nitrogen and oxygen atoms in total. The molecular weight excluding hydrogens is 607 g/mol. The molecule has 2 aromatic carbocycles. The number of likely N-dealkylation sites (tertiary alicyclic amines) is 1. The number of H-pyrrole nitrogens is 1. The Balaban J connectivity index is 1.24. The Labute approximate surface area is 262 Å². The van der Waals surface area contributed by atoms with E-state index in [0.717, 1.165) is 31.2 Å². The second-order valence-corrected chi connectivity index (χ2v) is 13.7. The summed E-state index contributed by atoms with van der Waals surface area (Å²) in [4.78, 5) is 45.0. The average molecular weight is 640 g/mol. The lowest BCUT2D eigenvalue weighted by atomic mass is 9.96. The number of amides is 3. The first-order valence-corrected chi connectivity index (χ1v) is 16.5. The van der Waals surface area contributed by atoms with Crippen molar-refractivity contribution in [1.29, 1.82) is 0 Å². The Morgan fingerprint density at radius 1 is 1.12 bits per heavy atom. The highest BCUT2D eigenvalue weighted by Crippen LogP contribution is 2.36. The van der Waals surface area contributed by atoms with Crippen LogP contribution in [-0.2, 0) is 26.1 Å². The Morgan fingerprint density at radius 3 is 2.58 bits per heavy atom. The summed E-state index contributed by atoms with van der Waals surface area (Å²) >= 11 is 12.6. The molecule has 11 heteroatoms. The van der Waals surface area contributed by atoms with Gasteiger partial charge in [-0.15, -0.1) is 0 Å². The second kappa shape index (κ2) is 11.9. The van der Waals surface area contributed by atoms with Crippen LogP contribution in [0, 0.1) is 19.8 Å². The molecule has 3 aromatic rings. The number of hydrogen-bond donors (Lipinski definition) is 3. The first kappa shape index (κ1) is 29.7. The van der Waals surface area contributed by atoms with Crippen molar-refractivity contribution in [3.05, 3.63) is 80.1 Å². The van der Waals surface area contributed by atoms with E-state index in [1.165, 1.54) is 0 Å². The molecule has 224 valence electrons. The Kier molecular flexibility index (Phi) is 8.24. The van der Waals surface area contributed by atoms with Crippen LogP contribution in [0.1, 0.15) is 64.1 Å². The molecule has 6 rings (SSSR count). The molecule has 2 aliphatic heterocycles. The number of carbonyl (C=O) groups is 3. The first-order valence-electron chi connectivity index (χ1n) is 14.4. The normalized spacial score (nSPS) is 19.7. The zero-order valence-corrected chi connectivity index (χ0v) is 26.2. The minimum atomic E-state index is -1.46. The summed E-state index contributed by atoms with van der Waals surface area (Å²) < 4.78 is 13.3. The molecule has 1 saturated carbocycles. The molecule has 3 heterocycles. The summed E-state index contributed by atoms with van der Waals surface area (Å²) in [7, 11) is -1.46. The van der Waals surface area contributed by atoms with E-state index in [1.807, 2.05) is 13.8 Å². The van der Waals surface area contributed by atoms with Crippen molar-refractivity contribution in [3.8, 4) is 0 Å². The van der Waals surface area contributed by atoms with Crippen LogP contribution in [0.3, 0.4) is 0 Å². The van der Waals surface area contributed by atoms with E-state index < -0.39 is 10.8 Å². The molecule has 1 aromatic heterocycles. The van der Waals surface area contributed by atoms with Crippen LogP contribution >= 0.6 is 23.2 Å². The lowest BCUT2D eigenvalue weighted by Crippen LogP contribution is -2.46. The van der Waals surface area contributed by atoms with E-state index in [1.54, 1.807) is 47.4 Å². The minimum absolute atomic E-state index is 0.0362. The molecule has 1 unspecified atom stereocenters. The number of aromatic amines is 1. The van der Waals surface area contributed by atoms with Crippen molar-refractivity contribution >= 4 is 69.1 Å². The third-order valence-electron chi connectivity index (χ3n) is 8.36. The van der Waals surface area contributed by atoms with E-state index >= 15 is 0 Å². The van der Waals surface area contributed by atoms with Gasteiger partial charge in [-0.2, -0.15) is 0 Å². The number of hydrogen-bond acceptors (Lipinski definition) is 4. The third-order valence-corrected chi connectivity index (χ3v) is 10.4. The van der Waals surface area contributed by atoms with Crippen molar-refractivity contribution in [2.24, 2.45) is 5.92 Å². The fraction of sp³-hybridized carbons (Fsp3) is 0.344. The highest BCUT2D eigenvalue weighted by atomic mass is 35.5. The highest BCUT2D eigenvalue weighted by Gasteiger charge is 2.34. The van der Waals surface area contributed by atoms with Crippen LogP contribution in [-0.4, -0.2) is 50.9 Å². The number of aryl methyl sites for hydroxylation is 1. The lowest BCUT2D eigenvalue weighted by molar-refractivity contribution is -0.126. The Hall–Kier alpha value is -3.40. The number of rotatable bonds is 7. The molecule has 3 aliphatic rings. The maximum atomic E-state index is 13.7. The summed E-state index contributed by atoms with van der Waals surface area (Å²) in [6, 6.07) is 10.7. The average Bonchev–Trinajstić information content (AvgIpc) is 3.69. The molecule has 0 radical (unpaired) electrons. The van der Waals surface area contributed by atoms with E-state index in [2.05, 4.69) is 15.6 Å². The van der Waals surface area contributed by atoms with Gasteiger partial charge in [-0.1, -0.05) is 29.3 Å². The van der Waals surface area contributed by atoms with E-state index in [9.17, 15) is 18.6 Å². The summed E-state index contributed by atoms with van der Waals surface area (Å²) in [5.74, 6) is -0.433. The van der Waals surface area contributed by atoms with Crippen molar-refractivity contribution in [3.63, 3.8) is 0 Å². The van der Waals surface area contributed by atoms with Gasteiger partial charge in [-0.25, -0.2) is 0 Å². The van der Waals surface area contributed by atoms with Gasteiger partial charge in [-0.05, 0) is 81.5 Å². The SMILES string of the molecule is Cc1[nH]c(/C=C2\C(=O)Nc3ccc(S(=O)Cc4c(Cl)cccc4Cl)cc32)c(C)c1C(=O)N1CCC[C@@H](C(=O)NC2CC2)C1. The van der Waals surface area contributed by atoms with Crippen molar-refractivity contribution < 1.29 is 18.6 Å². The fourth-order valence-corrected chi connectivity index (χ4v) is 7.70. The van der Waals surface area contributed by atoms with Gasteiger partial charge < -0.3 is 20.5 Å². The molecule has 0 spiro atoms. The number of halogens is 2. The molecule has 3 amide bonds. The lowest BCUT2D eigenvalue weighted by Gasteiger charge is -2.32. The molecule has 0 bridgehead atoms. The van der Waals surface area contributed by atoms with Crippen LogP contribution in [0.2, 0.25) is 10.0 Å². The zero-order valence-electron chi connectivity index (χ0n) is 23.9. The monoisotopic (exact) mass is 638 g/mol. The number of benzene rings is 2. The third kappa shape index (κ3) is 6.03. The predicted octanol–water partition coefficient (Wildman–Crippen LogP) is 5.87. The topological polar surface area (TPSA) is 111 Å². The quantitative estimate of drug-likeness (QED) is 0.281. The smallest absolute Gasteiger partial charge is 0.256 e. The summed E-state index contributed by atoms with van der Waals surface area (Å²) in [5, 5.41) is 6.84. The summed E-state index contributed by atoms with van der Waals surface area (Å²) in [6.07, 6.45) is 5.34. The second-order valence-electron chi connectivity index (χ2n) is 11.4. The zero-order chi connectivity index (χ0) is 30.4. The maximum absolute atomic E-state index is 13.7. The van der Waals surface area contributed by atoms with Crippen LogP contribution in [0.15, 0.2) is 41.3 Å². The van der Waals surface area contributed by atoms with Gasteiger partial charge in [-0.3, -0.25) is 18.6 Å². The molecule has 3 N–H and O–H groups in total. The van der Waals surface area contributed by atoms with Crippen molar-refractivity contribution in [1.82, 2.24) is 15.2 Å². The number of anilines is 1. The molecular formula is C32H32Cl2N4O4S. The molecule has 43 heavy (non-hydrogen) atoms. The van der Waals surface area contributed by atoms with Crippen LogP contribution in [0.5, 0.6) is 0 Å². The molecule has 2 fully saturated rings. The van der Waals surface area contributed by atoms with Crippen LogP contribution in [0.25, 0.3) is 11.6 Å². The van der Waals surface area contributed by atoms with Gasteiger partial charge in [0.2, 0.25) is 5.91 Å². The van der Waals surface area contributed by atoms with Gasteiger partial charge in [0.15, 0.2) is 0 Å². The standard InChI is InChI=1S/C32H32Cl2N4O4S/c1-17-28(35-18(2)29(17)32(41)38-12-4-5-19(15-38)30(39)36-20-8-9-20)14-23-22-13-21(10-11-27(22)37-31(23)40)43(42)16-24-25(33)6-3-7-26(24)34/h3,6-7,10-11,13-14,19-20,35H,4-5,8-9,12,15-16H2,1-2H3,(H,36,39)(H,37,40)/b23-14-/t19-,43?/m1/s1. The van der Waals surface area contributed by atoms with Gasteiger partial charge in [0.25, 0.3) is 11.8 Å². The summed E-state index contributed by atoms with van der Waals surface area (Å²) in [6.45, 7) is 4.69. The summed E-state index contributed by atoms with van der Waals surface area (Å²) in [5.41, 5.74) is 4.89. The minimum Gasteiger partial charge on any atom is -0.358 e. The number of aromatic nitrogens is 1. The van der Waals surface area contributed by atoms with Gasteiger partial charge in [0, 0.05) is 62.3 Å². The molecule has 2 atom stereocenters. The Bertz CT molecular complexity index is 1690. The largest absolute Gasteiger partial charge is 0.358 e. The maximum Gasteiger partial charge on any atom is 0.256 e. The molecule has 1 saturated heterocycles. The number of nitrogens with zero attached hydrogens (tertiary/aromatic N) is 1. The highest BCUT2D eigenvalue weighted by molar-refractivity contribution is 7.84. The Morgan fingerprint density at radius 2 is 1.86 bits per heavy atom. The van der Waals surface area contributed by atoms with Gasteiger partial charge in [0.05, 0.1) is 33.6 Å². The first-order chi connectivity index (χ1) is 20.6. The van der Waals surface area contributed by atoms with Crippen LogP contribution < -0.4 is 10.6 Å².